The maximum absolute atomic E-state index is 9.51. The zero-order chi connectivity index (χ0) is 36.3. The average Bonchev–Trinajstić information content (AvgIpc) is 3.14. The lowest BCUT2D eigenvalue weighted by molar-refractivity contribution is 0.222. The van der Waals surface area contributed by atoms with Crippen molar-refractivity contribution in [3.05, 3.63) is 36.4 Å². The van der Waals surface area contributed by atoms with E-state index in [1.54, 1.807) is 0 Å². The highest BCUT2D eigenvalue weighted by molar-refractivity contribution is 6.26. The first kappa shape index (κ1) is 40.1. The highest BCUT2D eigenvalue weighted by Crippen LogP contribution is 2.47. The quantitative estimate of drug-likeness (QED) is 0.0412. The van der Waals surface area contributed by atoms with Crippen LogP contribution in [0.2, 0.25) is 0 Å². The van der Waals surface area contributed by atoms with Crippen LogP contribution in [0.15, 0.2) is 36.4 Å². The molecule has 0 unspecified atom stereocenters. The monoisotopic (exact) mass is 708 g/mol. The van der Waals surface area contributed by atoms with E-state index in [-0.39, 0.29) is 19.8 Å². The summed E-state index contributed by atoms with van der Waals surface area (Å²) < 4.78 is 37.9. The maximum Gasteiger partial charge on any atom is 0.161 e. The van der Waals surface area contributed by atoms with E-state index in [4.69, 9.17) is 28.4 Å². The molecule has 0 atom stereocenters. The molecule has 0 spiro atoms. The molecule has 0 fully saturated rings. The number of unbranched alkanes of at least 4 members (excludes halogenated alkanes) is 6. The third kappa shape index (κ3) is 11.4. The fourth-order valence-corrected chi connectivity index (χ4v) is 6.04. The number of hydrogen-bond acceptors (Lipinski definition) is 9. The summed E-state index contributed by atoms with van der Waals surface area (Å²) in [7, 11) is 0. The Morgan fingerprint density at radius 1 is 0.314 bits per heavy atom. The molecule has 0 bridgehead atoms. The van der Waals surface area contributed by atoms with Crippen LogP contribution in [0.3, 0.4) is 0 Å². The molecular weight excluding hydrogens is 648 g/mol. The number of rotatable bonds is 27. The Balaban J connectivity index is 2.02. The van der Waals surface area contributed by atoms with Gasteiger partial charge in [0.1, 0.15) is 0 Å². The zero-order valence-electron chi connectivity index (χ0n) is 31.1. The van der Waals surface area contributed by atoms with Gasteiger partial charge in [-0.1, -0.05) is 59.3 Å². The first-order valence-electron chi connectivity index (χ1n) is 19.2. The second-order valence-electron chi connectivity index (χ2n) is 13.0. The molecule has 4 rings (SSSR count). The predicted molar refractivity (Wildman–Crippen MR) is 206 cm³/mol. The van der Waals surface area contributed by atoms with Crippen molar-refractivity contribution in [3.63, 3.8) is 0 Å². The summed E-state index contributed by atoms with van der Waals surface area (Å²) in [6, 6.07) is 12.3. The third-order valence-corrected chi connectivity index (χ3v) is 8.82. The maximum atomic E-state index is 9.51. The molecule has 0 aliphatic heterocycles. The number of aliphatic hydroxyl groups is 3. The first-order valence-corrected chi connectivity index (χ1v) is 19.2. The summed E-state index contributed by atoms with van der Waals surface area (Å²) in [5.41, 5.74) is 0. The number of hydrogen-bond donors (Lipinski definition) is 3. The number of benzene rings is 4. The molecule has 0 saturated carbocycles. The summed E-state index contributed by atoms with van der Waals surface area (Å²) in [6.07, 6.45) is 10.8. The van der Waals surface area contributed by atoms with Gasteiger partial charge in [-0.05, 0) is 88.0 Å². The first-order chi connectivity index (χ1) is 25.1. The third-order valence-electron chi connectivity index (χ3n) is 8.82. The molecule has 9 heteroatoms. The van der Waals surface area contributed by atoms with Gasteiger partial charge in [-0.3, -0.25) is 0 Å². The summed E-state index contributed by atoms with van der Waals surface area (Å²) in [6.45, 7) is 9.38. The molecule has 51 heavy (non-hydrogen) atoms. The van der Waals surface area contributed by atoms with Gasteiger partial charge in [0.15, 0.2) is 34.5 Å². The van der Waals surface area contributed by atoms with Crippen molar-refractivity contribution in [2.24, 2.45) is 0 Å². The van der Waals surface area contributed by atoms with Gasteiger partial charge in [-0.25, -0.2) is 0 Å². The minimum Gasteiger partial charge on any atom is -0.490 e. The van der Waals surface area contributed by atoms with E-state index in [1.165, 1.54) is 0 Å². The van der Waals surface area contributed by atoms with Gasteiger partial charge in [-0.2, -0.15) is 0 Å². The lowest BCUT2D eigenvalue weighted by atomic mass is 9.93. The van der Waals surface area contributed by atoms with E-state index < -0.39 is 0 Å². The molecule has 282 valence electrons. The van der Waals surface area contributed by atoms with Gasteiger partial charge >= 0.3 is 0 Å². The lowest BCUT2D eigenvalue weighted by Gasteiger charge is -2.20. The van der Waals surface area contributed by atoms with Crippen molar-refractivity contribution in [3.8, 4) is 34.5 Å². The van der Waals surface area contributed by atoms with Gasteiger partial charge < -0.3 is 43.7 Å². The van der Waals surface area contributed by atoms with Crippen LogP contribution in [-0.2, 0) is 0 Å². The predicted octanol–water partition coefficient (Wildman–Crippen LogP) is 9.14. The van der Waals surface area contributed by atoms with Crippen molar-refractivity contribution in [1.82, 2.24) is 0 Å². The summed E-state index contributed by atoms with van der Waals surface area (Å²) in [5, 5.41) is 34.3. The van der Waals surface area contributed by atoms with Crippen molar-refractivity contribution in [2.75, 3.05) is 59.5 Å². The molecule has 9 nitrogen and oxygen atoms in total. The smallest absolute Gasteiger partial charge is 0.161 e. The fraction of sp³-hybridized carbons (Fsp3) is 0.571. The molecular formula is C42H60O9. The van der Waals surface area contributed by atoms with Crippen LogP contribution >= 0.6 is 0 Å². The number of ether oxygens (including phenoxy) is 6. The molecule has 3 N–H and O–H groups in total. The van der Waals surface area contributed by atoms with Crippen LogP contribution in [0.5, 0.6) is 34.5 Å². The second kappa shape index (κ2) is 22.3. The SMILES string of the molecule is CCCCCOc1cc2c(cc1OCCCO)c1cc(OCCCO)c(OCCCCC)cc1c1cc(OCCCCC)c(OCCCO)cc21. The lowest BCUT2D eigenvalue weighted by Crippen LogP contribution is -2.05. The topological polar surface area (TPSA) is 116 Å². The van der Waals surface area contributed by atoms with Crippen molar-refractivity contribution in [1.29, 1.82) is 0 Å². The molecule has 4 aromatic carbocycles. The van der Waals surface area contributed by atoms with Crippen molar-refractivity contribution in [2.45, 2.75) is 97.8 Å². The number of fused-ring (bicyclic) bond motifs is 6. The largest absolute Gasteiger partial charge is 0.490 e. The standard InChI is InChI=1S/C42H60O9/c1-4-7-10-19-46-37-25-31-32-26-38(47-20-11-8-5-2)41(50-23-14-17-44)29-35(32)36-30-42(51-24-15-18-45)39(48-21-12-9-6-3)27-33(36)34(31)28-40(37)49-22-13-16-43/h25-30,43-45H,4-24H2,1-3H3. The summed E-state index contributed by atoms with van der Waals surface area (Å²) in [5.74, 6) is 3.82. The van der Waals surface area contributed by atoms with E-state index in [0.29, 0.717) is 93.4 Å². The van der Waals surface area contributed by atoms with E-state index in [1.807, 2.05) is 18.2 Å². The van der Waals surface area contributed by atoms with E-state index >= 15 is 0 Å². The van der Waals surface area contributed by atoms with Gasteiger partial charge in [0.2, 0.25) is 0 Å². The van der Waals surface area contributed by atoms with Gasteiger partial charge in [-0.15, -0.1) is 0 Å². The molecule has 0 aromatic heterocycles. The van der Waals surface area contributed by atoms with Crippen LogP contribution in [0.4, 0.5) is 0 Å². The Morgan fingerprint density at radius 2 is 0.510 bits per heavy atom. The van der Waals surface area contributed by atoms with Gasteiger partial charge in [0, 0.05) is 39.1 Å². The Hall–Kier alpha value is -3.66. The van der Waals surface area contributed by atoms with Crippen LogP contribution in [0.25, 0.3) is 32.3 Å². The minimum absolute atomic E-state index is 0.0331. The second-order valence-corrected chi connectivity index (χ2v) is 13.0. The van der Waals surface area contributed by atoms with Crippen molar-refractivity contribution < 1.29 is 43.7 Å². The van der Waals surface area contributed by atoms with E-state index in [2.05, 4.69) is 39.0 Å². The average molecular weight is 709 g/mol. The van der Waals surface area contributed by atoms with Crippen LogP contribution in [0.1, 0.15) is 97.8 Å². The highest BCUT2D eigenvalue weighted by Gasteiger charge is 2.20. The summed E-state index contributed by atoms with van der Waals surface area (Å²) >= 11 is 0. The highest BCUT2D eigenvalue weighted by atomic mass is 16.5. The van der Waals surface area contributed by atoms with E-state index in [9.17, 15) is 15.3 Å². The molecule has 0 aliphatic carbocycles. The number of aliphatic hydroxyl groups excluding tert-OH is 3. The Bertz CT molecular complexity index is 1620. The Labute approximate surface area is 303 Å². The molecule has 0 heterocycles. The zero-order valence-corrected chi connectivity index (χ0v) is 31.1. The molecule has 0 saturated heterocycles. The summed E-state index contributed by atoms with van der Waals surface area (Å²) in [4.78, 5) is 0. The van der Waals surface area contributed by atoms with Crippen LogP contribution < -0.4 is 28.4 Å². The van der Waals surface area contributed by atoms with Gasteiger partial charge in [0.05, 0.1) is 39.6 Å². The Morgan fingerprint density at radius 3 is 0.686 bits per heavy atom. The molecule has 0 radical (unpaired) electrons. The molecule has 0 aliphatic rings. The fourth-order valence-electron chi connectivity index (χ4n) is 6.04. The van der Waals surface area contributed by atoms with Crippen LogP contribution in [-0.4, -0.2) is 74.8 Å². The van der Waals surface area contributed by atoms with Crippen molar-refractivity contribution >= 4 is 32.3 Å². The Kier molecular flexibility index (Phi) is 17.6. The molecule has 4 aromatic rings. The minimum atomic E-state index is 0.0331. The van der Waals surface area contributed by atoms with Gasteiger partial charge in [0.25, 0.3) is 0 Å². The van der Waals surface area contributed by atoms with Crippen LogP contribution in [0, 0.1) is 0 Å². The molecule has 0 amide bonds. The van der Waals surface area contributed by atoms with E-state index in [0.717, 1.165) is 90.1 Å². The normalized spacial score (nSPS) is 11.4.